The van der Waals surface area contributed by atoms with Gasteiger partial charge in [-0.05, 0) is 19.3 Å². The van der Waals surface area contributed by atoms with E-state index in [1.807, 2.05) is 0 Å². The summed E-state index contributed by atoms with van der Waals surface area (Å²) < 4.78 is 5.10. The summed E-state index contributed by atoms with van der Waals surface area (Å²) in [5.41, 5.74) is 0.416. The van der Waals surface area contributed by atoms with E-state index in [1.165, 1.54) is 6.42 Å². The molecule has 2 fully saturated rings. The van der Waals surface area contributed by atoms with Gasteiger partial charge in [0.1, 0.15) is 0 Å². The maximum Gasteiger partial charge on any atom is 0.0547 e. The third-order valence-electron chi connectivity index (χ3n) is 2.49. The average Bonchev–Trinajstić information content (AvgIpc) is 2.09. The second-order valence-electron chi connectivity index (χ2n) is 3.39. The second-order valence-corrected chi connectivity index (χ2v) is 3.39. The number of rotatable bonds is 0. The van der Waals surface area contributed by atoms with E-state index in [4.69, 9.17) is 4.74 Å². The van der Waals surface area contributed by atoms with Crippen LogP contribution >= 0.6 is 0 Å². The van der Waals surface area contributed by atoms with Gasteiger partial charge in [-0.3, -0.25) is 0 Å². The van der Waals surface area contributed by atoms with Gasteiger partial charge in [-0.15, -0.1) is 0 Å². The molecule has 1 atom stereocenters. The summed E-state index contributed by atoms with van der Waals surface area (Å²) in [5, 5.41) is 9.17. The first-order valence-corrected chi connectivity index (χ1v) is 3.57. The zero-order valence-electron chi connectivity index (χ0n) is 5.47. The van der Waals surface area contributed by atoms with E-state index in [2.05, 4.69) is 0 Å². The zero-order valence-corrected chi connectivity index (χ0v) is 5.47. The number of aliphatic hydroxyl groups is 1. The third-order valence-corrected chi connectivity index (χ3v) is 2.49. The smallest absolute Gasteiger partial charge is 0.0547 e. The first kappa shape index (κ1) is 5.69. The van der Waals surface area contributed by atoms with E-state index in [-0.39, 0.29) is 6.10 Å². The SMILES string of the molecule is O[C@@H]1CCC2(COC2)C1. The second kappa shape index (κ2) is 1.70. The van der Waals surface area contributed by atoms with Crippen molar-refractivity contribution in [2.75, 3.05) is 13.2 Å². The summed E-state index contributed by atoms with van der Waals surface area (Å²) in [4.78, 5) is 0. The molecule has 0 aromatic carbocycles. The van der Waals surface area contributed by atoms with Crippen molar-refractivity contribution in [1.29, 1.82) is 0 Å². The van der Waals surface area contributed by atoms with Crippen LogP contribution in [0.5, 0.6) is 0 Å². The molecule has 1 heterocycles. The lowest BCUT2D eigenvalue weighted by Crippen LogP contribution is -2.40. The highest BCUT2D eigenvalue weighted by Gasteiger charge is 2.44. The molecule has 0 unspecified atom stereocenters. The van der Waals surface area contributed by atoms with Crippen molar-refractivity contribution in [1.82, 2.24) is 0 Å². The Kier molecular flexibility index (Phi) is 1.08. The van der Waals surface area contributed by atoms with Crippen molar-refractivity contribution >= 4 is 0 Å². The van der Waals surface area contributed by atoms with Gasteiger partial charge in [-0.2, -0.15) is 0 Å². The van der Waals surface area contributed by atoms with Gasteiger partial charge in [0, 0.05) is 5.41 Å². The Morgan fingerprint density at radius 2 is 2.22 bits per heavy atom. The lowest BCUT2D eigenvalue weighted by atomic mass is 9.84. The van der Waals surface area contributed by atoms with Crippen LogP contribution in [-0.4, -0.2) is 24.4 Å². The molecular weight excluding hydrogens is 116 g/mol. The maximum absolute atomic E-state index is 9.17. The van der Waals surface area contributed by atoms with Crippen LogP contribution in [0.4, 0.5) is 0 Å². The van der Waals surface area contributed by atoms with Gasteiger partial charge >= 0.3 is 0 Å². The van der Waals surface area contributed by atoms with E-state index in [9.17, 15) is 5.11 Å². The van der Waals surface area contributed by atoms with Gasteiger partial charge in [0.05, 0.1) is 19.3 Å². The summed E-state index contributed by atoms with van der Waals surface area (Å²) in [5.74, 6) is 0. The van der Waals surface area contributed by atoms with Crippen molar-refractivity contribution in [3.8, 4) is 0 Å². The van der Waals surface area contributed by atoms with Crippen LogP contribution in [0.3, 0.4) is 0 Å². The van der Waals surface area contributed by atoms with Gasteiger partial charge in [-0.1, -0.05) is 0 Å². The fourth-order valence-electron chi connectivity index (χ4n) is 1.83. The molecule has 2 rings (SSSR count). The Morgan fingerprint density at radius 3 is 2.44 bits per heavy atom. The topological polar surface area (TPSA) is 29.5 Å². The fraction of sp³-hybridized carbons (Fsp3) is 1.00. The van der Waals surface area contributed by atoms with Crippen LogP contribution in [0.1, 0.15) is 19.3 Å². The fourth-order valence-corrected chi connectivity index (χ4v) is 1.83. The first-order chi connectivity index (χ1) is 4.31. The predicted molar refractivity (Wildman–Crippen MR) is 33.1 cm³/mol. The maximum atomic E-state index is 9.17. The summed E-state index contributed by atoms with van der Waals surface area (Å²) in [6.07, 6.45) is 3.11. The quantitative estimate of drug-likeness (QED) is 0.516. The van der Waals surface area contributed by atoms with Gasteiger partial charge in [0.15, 0.2) is 0 Å². The van der Waals surface area contributed by atoms with Crippen molar-refractivity contribution < 1.29 is 9.84 Å². The van der Waals surface area contributed by atoms with E-state index in [0.717, 1.165) is 26.1 Å². The first-order valence-electron chi connectivity index (χ1n) is 3.57. The van der Waals surface area contributed by atoms with Crippen molar-refractivity contribution in [3.63, 3.8) is 0 Å². The Morgan fingerprint density at radius 1 is 1.44 bits per heavy atom. The standard InChI is InChI=1S/C7H12O2/c8-6-1-2-7(3-6)4-9-5-7/h6,8H,1-5H2/t6-/m1/s1. The van der Waals surface area contributed by atoms with Crippen LogP contribution in [0.15, 0.2) is 0 Å². The monoisotopic (exact) mass is 128 g/mol. The summed E-state index contributed by atoms with van der Waals surface area (Å²) in [6, 6.07) is 0. The number of hydrogen-bond donors (Lipinski definition) is 1. The molecule has 1 spiro atoms. The highest BCUT2D eigenvalue weighted by atomic mass is 16.5. The van der Waals surface area contributed by atoms with Crippen molar-refractivity contribution in [3.05, 3.63) is 0 Å². The normalized spacial score (nSPS) is 39.0. The summed E-state index contributed by atoms with van der Waals surface area (Å²) >= 11 is 0. The largest absolute Gasteiger partial charge is 0.393 e. The molecule has 0 bridgehead atoms. The Hall–Kier alpha value is -0.0800. The Balaban J connectivity index is 1.99. The Labute approximate surface area is 54.8 Å². The van der Waals surface area contributed by atoms with Crippen molar-refractivity contribution in [2.45, 2.75) is 25.4 Å². The molecule has 1 N–H and O–H groups in total. The molecule has 0 radical (unpaired) electrons. The van der Waals surface area contributed by atoms with Gasteiger partial charge in [-0.25, -0.2) is 0 Å². The zero-order chi connectivity index (χ0) is 6.32. The van der Waals surface area contributed by atoms with Crippen molar-refractivity contribution in [2.24, 2.45) is 5.41 Å². The molecule has 0 aromatic heterocycles. The van der Waals surface area contributed by atoms with Crippen LogP contribution in [0, 0.1) is 5.41 Å². The molecule has 2 heteroatoms. The summed E-state index contributed by atoms with van der Waals surface area (Å²) in [6.45, 7) is 1.79. The molecule has 9 heavy (non-hydrogen) atoms. The van der Waals surface area contributed by atoms with E-state index in [1.54, 1.807) is 0 Å². The van der Waals surface area contributed by atoms with E-state index < -0.39 is 0 Å². The Bertz CT molecular complexity index is 118. The molecule has 0 amide bonds. The van der Waals surface area contributed by atoms with Gasteiger partial charge in [0.25, 0.3) is 0 Å². The van der Waals surface area contributed by atoms with E-state index in [0.29, 0.717) is 5.41 Å². The third kappa shape index (κ3) is 0.775. The number of aliphatic hydroxyl groups excluding tert-OH is 1. The minimum atomic E-state index is -0.0334. The average molecular weight is 128 g/mol. The van der Waals surface area contributed by atoms with Gasteiger partial charge in [0.2, 0.25) is 0 Å². The molecule has 2 nitrogen and oxygen atoms in total. The number of ether oxygens (including phenoxy) is 1. The molecule has 1 aliphatic carbocycles. The molecular formula is C7H12O2. The minimum absolute atomic E-state index is 0.0334. The molecule has 1 aliphatic heterocycles. The van der Waals surface area contributed by atoms with Crippen LogP contribution in [0.25, 0.3) is 0 Å². The van der Waals surface area contributed by atoms with Crippen LogP contribution < -0.4 is 0 Å². The van der Waals surface area contributed by atoms with Crippen LogP contribution in [0.2, 0.25) is 0 Å². The number of hydrogen-bond acceptors (Lipinski definition) is 2. The lowest BCUT2D eigenvalue weighted by Gasteiger charge is -2.37. The molecule has 2 aliphatic rings. The van der Waals surface area contributed by atoms with Gasteiger partial charge < -0.3 is 9.84 Å². The van der Waals surface area contributed by atoms with E-state index >= 15 is 0 Å². The minimum Gasteiger partial charge on any atom is -0.393 e. The van der Waals surface area contributed by atoms with Crippen LogP contribution in [-0.2, 0) is 4.74 Å². The molecule has 0 aromatic rings. The predicted octanol–water partition coefficient (Wildman–Crippen LogP) is 0.548. The highest BCUT2D eigenvalue weighted by molar-refractivity contribution is 4.93. The molecule has 52 valence electrons. The lowest BCUT2D eigenvalue weighted by molar-refractivity contribution is -0.112. The molecule has 1 saturated heterocycles. The summed E-state index contributed by atoms with van der Waals surface area (Å²) in [7, 11) is 0. The highest BCUT2D eigenvalue weighted by Crippen LogP contribution is 2.43. The molecule has 1 saturated carbocycles.